The molecule has 0 bridgehead atoms. The second-order valence-corrected chi connectivity index (χ2v) is 9.12. The van der Waals surface area contributed by atoms with E-state index in [1.807, 2.05) is 62.4 Å². The lowest BCUT2D eigenvalue weighted by molar-refractivity contribution is -0.384. The van der Waals surface area contributed by atoms with Gasteiger partial charge in [-0.1, -0.05) is 71.3 Å². The van der Waals surface area contributed by atoms with Gasteiger partial charge in [-0.2, -0.15) is 5.26 Å². The average Bonchev–Trinajstić information content (AvgIpc) is 3.53. The first-order valence-electron chi connectivity index (χ1n) is 11.6. The van der Waals surface area contributed by atoms with Crippen molar-refractivity contribution in [3.8, 4) is 39.8 Å². The summed E-state index contributed by atoms with van der Waals surface area (Å²) in [6, 6.07) is 25.8. The summed E-state index contributed by atoms with van der Waals surface area (Å²) in [5.74, 6) is 1.49. The lowest BCUT2D eigenvalue weighted by Gasteiger charge is -2.05. The molecular formula is C30H20ClN3O4. The van der Waals surface area contributed by atoms with Gasteiger partial charge in [0, 0.05) is 22.8 Å². The van der Waals surface area contributed by atoms with Crippen LogP contribution in [0.5, 0.6) is 0 Å². The molecule has 0 radical (unpaired) electrons. The number of nitro benzene ring substituents is 1. The molecule has 0 fully saturated rings. The van der Waals surface area contributed by atoms with E-state index in [4.69, 9.17) is 20.4 Å². The minimum absolute atomic E-state index is 0.0442. The summed E-state index contributed by atoms with van der Waals surface area (Å²) in [7, 11) is 0. The van der Waals surface area contributed by atoms with Crippen LogP contribution in [-0.4, -0.2) is 11.1 Å². The van der Waals surface area contributed by atoms with Crippen molar-refractivity contribution in [1.29, 1.82) is 5.26 Å². The molecule has 7 nitrogen and oxygen atoms in total. The van der Waals surface area contributed by atoms with E-state index in [2.05, 4.69) is 11.1 Å². The van der Waals surface area contributed by atoms with E-state index in [0.29, 0.717) is 34.0 Å². The van der Waals surface area contributed by atoms with Crippen molar-refractivity contribution in [2.45, 2.75) is 13.8 Å². The summed E-state index contributed by atoms with van der Waals surface area (Å²) in [6.45, 7) is 4.00. The third-order valence-electron chi connectivity index (χ3n) is 6.02. The van der Waals surface area contributed by atoms with Gasteiger partial charge in [-0.15, -0.1) is 0 Å². The van der Waals surface area contributed by atoms with Crippen LogP contribution in [0, 0.1) is 35.3 Å². The summed E-state index contributed by atoms with van der Waals surface area (Å²) in [6.07, 6.45) is 1.45. The Bertz CT molecular complexity index is 1720. The Labute approximate surface area is 223 Å². The molecule has 38 heavy (non-hydrogen) atoms. The van der Waals surface area contributed by atoms with Crippen molar-refractivity contribution >= 4 is 29.4 Å². The molecule has 0 spiro atoms. The van der Waals surface area contributed by atoms with Crippen molar-refractivity contribution in [2.24, 2.45) is 4.99 Å². The predicted molar refractivity (Wildman–Crippen MR) is 147 cm³/mol. The van der Waals surface area contributed by atoms with Crippen LogP contribution in [0.4, 0.5) is 11.6 Å². The maximum Gasteiger partial charge on any atom is 0.288 e. The van der Waals surface area contributed by atoms with E-state index in [0.717, 1.165) is 22.3 Å². The van der Waals surface area contributed by atoms with E-state index in [1.165, 1.54) is 18.3 Å². The molecule has 0 aliphatic carbocycles. The quantitative estimate of drug-likeness (QED) is 0.126. The number of halogens is 1. The molecule has 0 saturated carbocycles. The molecular weight excluding hydrogens is 502 g/mol. The van der Waals surface area contributed by atoms with Crippen molar-refractivity contribution < 1.29 is 13.8 Å². The number of nitrogens with zero attached hydrogens (tertiary/aromatic N) is 3. The van der Waals surface area contributed by atoms with Crippen LogP contribution in [0.2, 0.25) is 5.02 Å². The fourth-order valence-corrected chi connectivity index (χ4v) is 4.21. The Hall–Kier alpha value is -4.93. The van der Waals surface area contributed by atoms with Gasteiger partial charge in [0.05, 0.1) is 11.1 Å². The highest BCUT2D eigenvalue weighted by Gasteiger charge is 2.23. The Balaban J connectivity index is 1.55. The van der Waals surface area contributed by atoms with Gasteiger partial charge >= 0.3 is 0 Å². The summed E-state index contributed by atoms with van der Waals surface area (Å²) >= 11 is 5.92. The Morgan fingerprint density at radius 1 is 0.895 bits per heavy atom. The van der Waals surface area contributed by atoms with Crippen LogP contribution in [0.1, 0.15) is 22.5 Å². The van der Waals surface area contributed by atoms with Gasteiger partial charge in [0.15, 0.2) is 0 Å². The van der Waals surface area contributed by atoms with Gasteiger partial charge in [0.1, 0.15) is 33.9 Å². The molecule has 0 atom stereocenters. The van der Waals surface area contributed by atoms with Gasteiger partial charge < -0.3 is 8.83 Å². The van der Waals surface area contributed by atoms with Crippen molar-refractivity contribution in [3.05, 3.63) is 116 Å². The van der Waals surface area contributed by atoms with Crippen molar-refractivity contribution in [3.63, 3.8) is 0 Å². The standard InChI is InChI=1S/C30H20ClN3O4/c1-18-3-7-20(8-4-18)28-24(16-32)30(38-29(28)21-9-5-19(2)6-10-21)33-17-23-12-14-27(37-23)22-11-13-25(31)26(15-22)34(35)36/h3-15,17H,1-2H3. The lowest BCUT2D eigenvalue weighted by Crippen LogP contribution is -1.89. The molecule has 0 saturated heterocycles. The maximum atomic E-state index is 11.2. The first-order chi connectivity index (χ1) is 18.3. The number of aryl methyl sites for hydroxylation is 2. The minimum atomic E-state index is -0.547. The predicted octanol–water partition coefficient (Wildman–Crippen LogP) is 8.67. The number of hydrogen-bond acceptors (Lipinski definition) is 6. The number of nitriles is 1. The smallest absolute Gasteiger partial charge is 0.288 e. The summed E-state index contributed by atoms with van der Waals surface area (Å²) < 4.78 is 12.0. The molecule has 0 aliphatic rings. The average molecular weight is 522 g/mol. The van der Waals surface area contributed by atoms with E-state index in [1.54, 1.807) is 18.2 Å². The summed E-state index contributed by atoms with van der Waals surface area (Å²) in [5, 5.41) is 21.4. The Kier molecular flexibility index (Phi) is 6.65. The molecule has 0 unspecified atom stereocenters. The highest BCUT2D eigenvalue weighted by Crippen LogP contribution is 2.42. The number of benzene rings is 3. The number of rotatable bonds is 6. The fourth-order valence-electron chi connectivity index (χ4n) is 4.02. The molecule has 0 N–H and O–H groups in total. The third-order valence-corrected chi connectivity index (χ3v) is 6.34. The van der Waals surface area contributed by atoms with E-state index in [-0.39, 0.29) is 16.6 Å². The fraction of sp³-hybridized carbons (Fsp3) is 0.0667. The van der Waals surface area contributed by atoms with Crippen LogP contribution in [0.15, 0.2) is 92.7 Å². The maximum absolute atomic E-state index is 11.2. The second-order valence-electron chi connectivity index (χ2n) is 8.71. The van der Waals surface area contributed by atoms with Gasteiger partial charge in [0.25, 0.3) is 5.69 Å². The number of furan rings is 2. The zero-order valence-corrected chi connectivity index (χ0v) is 21.2. The normalized spacial score (nSPS) is 11.1. The third kappa shape index (κ3) is 4.85. The molecule has 0 amide bonds. The van der Waals surface area contributed by atoms with E-state index in [9.17, 15) is 15.4 Å². The first kappa shape index (κ1) is 24.8. The highest BCUT2D eigenvalue weighted by atomic mass is 35.5. The second kappa shape index (κ2) is 10.2. The Morgan fingerprint density at radius 3 is 2.16 bits per heavy atom. The molecule has 2 heterocycles. The summed E-state index contributed by atoms with van der Waals surface area (Å²) in [5.41, 5.74) is 5.14. The van der Waals surface area contributed by atoms with Crippen LogP contribution in [0.3, 0.4) is 0 Å². The highest BCUT2D eigenvalue weighted by molar-refractivity contribution is 6.32. The molecule has 186 valence electrons. The number of hydrogen-bond donors (Lipinski definition) is 0. The summed E-state index contributed by atoms with van der Waals surface area (Å²) in [4.78, 5) is 15.1. The molecule has 3 aromatic carbocycles. The first-order valence-corrected chi connectivity index (χ1v) is 12.0. The van der Waals surface area contributed by atoms with Crippen LogP contribution in [0.25, 0.3) is 33.8 Å². The monoisotopic (exact) mass is 521 g/mol. The largest absolute Gasteiger partial charge is 0.455 e. The van der Waals surface area contributed by atoms with Crippen LogP contribution < -0.4 is 0 Å². The van der Waals surface area contributed by atoms with Gasteiger partial charge in [-0.25, -0.2) is 4.99 Å². The molecule has 5 aromatic rings. The van der Waals surface area contributed by atoms with Gasteiger partial charge in [0.2, 0.25) is 5.88 Å². The SMILES string of the molecule is Cc1ccc(-c2oc(N=Cc3ccc(-c4ccc(Cl)c([N+](=O)[O-])c4)o3)c(C#N)c2-c2ccc(C)cc2)cc1. The zero-order valence-electron chi connectivity index (χ0n) is 20.4. The van der Waals surface area contributed by atoms with Crippen molar-refractivity contribution in [1.82, 2.24) is 0 Å². The van der Waals surface area contributed by atoms with Gasteiger partial charge in [-0.3, -0.25) is 10.1 Å². The Morgan fingerprint density at radius 2 is 1.53 bits per heavy atom. The number of aliphatic imine (C=N–C) groups is 1. The molecule has 0 aliphatic heterocycles. The van der Waals surface area contributed by atoms with E-state index >= 15 is 0 Å². The molecule has 8 heteroatoms. The minimum Gasteiger partial charge on any atom is -0.455 e. The lowest BCUT2D eigenvalue weighted by atomic mass is 9.97. The van der Waals surface area contributed by atoms with E-state index < -0.39 is 4.92 Å². The van der Waals surface area contributed by atoms with Crippen molar-refractivity contribution in [2.75, 3.05) is 0 Å². The topological polar surface area (TPSA) is 106 Å². The van der Waals surface area contributed by atoms with Crippen LogP contribution in [-0.2, 0) is 0 Å². The molecule has 5 rings (SSSR count). The number of nitro groups is 1. The van der Waals surface area contributed by atoms with Crippen LogP contribution >= 0.6 is 11.6 Å². The molecule has 2 aromatic heterocycles. The van der Waals surface area contributed by atoms with Gasteiger partial charge in [-0.05, 0) is 43.7 Å². The zero-order chi connectivity index (χ0) is 26.8.